The van der Waals surface area contributed by atoms with E-state index >= 15 is 0 Å². The van der Waals surface area contributed by atoms with Gasteiger partial charge in [-0.15, -0.1) is 0 Å². The van der Waals surface area contributed by atoms with Gasteiger partial charge in [-0.3, -0.25) is 4.90 Å². The standard InChI is InChI=1S/C15H20N2O2/c1-15(2)11-17(6-7-19-15)10-12-4-5-13(9-16)14(8-12)18-3/h4-5,8H,6-7,10-11H2,1-3H3. The maximum Gasteiger partial charge on any atom is 0.136 e. The summed E-state index contributed by atoms with van der Waals surface area (Å²) in [5.41, 5.74) is 1.65. The lowest BCUT2D eigenvalue weighted by molar-refractivity contribution is -0.0882. The highest BCUT2D eigenvalue weighted by Gasteiger charge is 2.27. The molecule has 4 heteroatoms. The third-order valence-corrected chi connectivity index (χ3v) is 3.30. The number of nitrogens with zero attached hydrogens (tertiary/aromatic N) is 2. The molecule has 1 heterocycles. The van der Waals surface area contributed by atoms with Crippen LogP contribution in [0.2, 0.25) is 0 Å². The Morgan fingerprint density at radius 2 is 2.26 bits per heavy atom. The summed E-state index contributed by atoms with van der Waals surface area (Å²) in [5, 5.41) is 8.97. The van der Waals surface area contributed by atoms with Crippen molar-refractivity contribution in [2.75, 3.05) is 26.8 Å². The summed E-state index contributed by atoms with van der Waals surface area (Å²) in [5.74, 6) is 0.646. The van der Waals surface area contributed by atoms with Crippen LogP contribution in [-0.2, 0) is 11.3 Å². The Morgan fingerprint density at radius 1 is 1.47 bits per heavy atom. The summed E-state index contributed by atoms with van der Waals surface area (Å²) < 4.78 is 10.9. The van der Waals surface area contributed by atoms with Gasteiger partial charge in [-0.05, 0) is 31.5 Å². The maximum atomic E-state index is 8.97. The number of nitriles is 1. The number of ether oxygens (including phenoxy) is 2. The summed E-state index contributed by atoms with van der Waals surface area (Å²) in [7, 11) is 1.60. The SMILES string of the molecule is COc1cc(CN2CCOC(C)(C)C2)ccc1C#N. The van der Waals surface area contributed by atoms with Gasteiger partial charge in [-0.1, -0.05) is 6.07 Å². The largest absolute Gasteiger partial charge is 0.495 e. The highest BCUT2D eigenvalue weighted by atomic mass is 16.5. The second kappa shape index (κ2) is 5.60. The molecule has 102 valence electrons. The first kappa shape index (κ1) is 13.9. The second-order valence-electron chi connectivity index (χ2n) is 5.47. The lowest BCUT2D eigenvalue weighted by Gasteiger charge is -2.38. The van der Waals surface area contributed by atoms with Crippen molar-refractivity contribution in [1.82, 2.24) is 4.90 Å². The number of rotatable bonds is 3. The zero-order valence-corrected chi connectivity index (χ0v) is 11.8. The number of benzene rings is 1. The normalized spacial score (nSPS) is 18.8. The van der Waals surface area contributed by atoms with Crippen molar-refractivity contribution in [1.29, 1.82) is 5.26 Å². The van der Waals surface area contributed by atoms with E-state index in [0.29, 0.717) is 11.3 Å². The van der Waals surface area contributed by atoms with Crippen molar-refractivity contribution in [3.63, 3.8) is 0 Å². The van der Waals surface area contributed by atoms with Gasteiger partial charge >= 0.3 is 0 Å². The van der Waals surface area contributed by atoms with Gasteiger partial charge in [0.05, 0.1) is 24.9 Å². The van der Waals surface area contributed by atoms with Crippen molar-refractivity contribution in [2.24, 2.45) is 0 Å². The topological polar surface area (TPSA) is 45.5 Å². The van der Waals surface area contributed by atoms with Crippen LogP contribution in [0.15, 0.2) is 18.2 Å². The minimum absolute atomic E-state index is 0.0884. The molecule has 1 aromatic carbocycles. The Bertz CT molecular complexity index is 491. The van der Waals surface area contributed by atoms with Crippen LogP contribution < -0.4 is 4.74 Å². The molecular weight excluding hydrogens is 240 g/mol. The van der Waals surface area contributed by atoms with Gasteiger partial charge in [-0.25, -0.2) is 0 Å². The van der Waals surface area contributed by atoms with Crippen LogP contribution in [0.4, 0.5) is 0 Å². The lowest BCUT2D eigenvalue weighted by Crippen LogP contribution is -2.47. The molecule has 0 N–H and O–H groups in total. The zero-order valence-electron chi connectivity index (χ0n) is 11.8. The highest BCUT2D eigenvalue weighted by Crippen LogP contribution is 2.22. The zero-order chi connectivity index (χ0) is 13.9. The van der Waals surface area contributed by atoms with E-state index < -0.39 is 0 Å². The summed E-state index contributed by atoms with van der Waals surface area (Å²) in [4.78, 5) is 2.37. The molecule has 0 saturated carbocycles. The molecular formula is C15H20N2O2. The van der Waals surface area contributed by atoms with Gasteiger partial charge < -0.3 is 9.47 Å². The maximum absolute atomic E-state index is 8.97. The molecule has 19 heavy (non-hydrogen) atoms. The molecule has 0 radical (unpaired) electrons. The fraction of sp³-hybridized carbons (Fsp3) is 0.533. The minimum Gasteiger partial charge on any atom is -0.495 e. The summed E-state index contributed by atoms with van der Waals surface area (Å²) in [6.45, 7) is 7.69. The van der Waals surface area contributed by atoms with E-state index in [1.165, 1.54) is 0 Å². The van der Waals surface area contributed by atoms with E-state index in [0.717, 1.165) is 31.8 Å². The Labute approximate surface area is 114 Å². The number of methoxy groups -OCH3 is 1. The molecule has 2 rings (SSSR count). The van der Waals surface area contributed by atoms with Crippen molar-refractivity contribution in [3.05, 3.63) is 29.3 Å². The van der Waals surface area contributed by atoms with E-state index in [9.17, 15) is 0 Å². The summed E-state index contributed by atoms with van der Waals surface area (Å²) in [6.07, 6.45) is 0. The van der Waals surface area contributed by atoms with Crippen LogP contribution >= 0.6 is 0 Å². The van der Waals surface area contributed by atoms with Crippen LogP contribution in [0.3, 0.4) is 0 Å². The minimum atomic E-state index is -0.0884. The number of hydrogen-bond donors (Lipinski definition) is 0. The van der Waals surface area contributed by atoms with Gasteiger partial charge in [0.15, 0.2) is 0 Å². The van der Waals surface area contributed by atoms with Crippen LogP contribution in [0, 0.1) is 11.3 Å². The third-order valence-electron chi connectivity index (χ3n) is 3.30. The van der Waals surface area contributed by atoms with Crippen LogP contribution in [0.25, 0.3) is 0 Å². The van der Waals surface area contributed by atoms with Crippen molar-refractivity contribution in [3.8, 4) is 11.8 Å². The van der Waals surface area contributed by atoms with Crippen LogP contribution in [-0.4, -0.2) is 37.3 Å². The molecule has 0 bridgehead atoms. The first-order valence-electron chi connectivity index (χ1n) is 6.47. The summed E-state index contributed by atoms with van der Waals surface area (Å²) >= 11 is 0. The van der Waals surface area contributed by atoms with E-state index in [1.54, 1.807) is 7.11 Å². The van der Waals surface area contributed by atoms with Crippen molar-refractivity contribution in [2.45, 2.75) is 26.0 Å². The van der Waals surface area contributed by atoms with Crippen LogP contribution in [0.1, 0.15) is 25.0 Å². The Balaban J connectivity index is 2.09. The Hall–Kier alpha value is -1.57. The summed E-state index contributed by atoms with van der Waals surface area (Å²) in [6, 6.07) is 7.89. The molecule has 0 atom stereocenters. The predicted molar refractivity (Wildman–Crippen MR) is 73.0 cm³/mol. The van der Waals surface area contributed by atoms with E-state index in [2.05, 4.69) is 24.8 Å². The molecule has 1 aliphatic heterocycles. The molecule has 1 saturated heterocycles. The first-order valence-corrected chi connectivity index (χ1v) is 6.47. The Kier molecular flexibility index (Phi) is 4.08. The Morgan fingerprint density at radius 3 is 2.89 bits per heavy atom. The first-order chi connectivity index (χ1) is 9.04. The molecule has 1 fully saturated rings. The smallest absolute Gasteiger partial charge is 0.136 e. The molecule has 0 amide bonds. The number of hydrogen-bond acceptors (Lipinski definition) is 4. The monoisotopic (exact) mass is 260 g/mol. The average molecular weight is 260 g/mol. The quantitative estimate of drug-likeness (QED) is 0.835. The molecule has 0 aromatic heterocycles. The van der Waals surface area contributed by atoms with Crippen molar-refractivity contribution < 1.29 is 9.47 Å². The molecule has 1 aliphatic rings. The van der Waals surface area contributed by atoms with Crippen LogP contribution in [0.5, 0.6) is 5.75 Å². The van der Waals surface area contributed by atoms with E-state index in [1.807, 2.05) is 18.2 Å². The molecule has 0 unspecified atom stereocenters. The van der Waals surface area contributed by atoms with Gasteiger partial charge in [0.25, 0.3) is 0 Å². The molecule has 0 aliphatic carbocycles. The third kappa shape index (κ3) is 3.46. The van der Waals surface area contributed by atoms with E-state index in [4.69, 9.17) is 14.7 Å². The van der Waals surface area contributed by atoms with E-state index in [-0.39, 0.29) is 5.60 Å². The highest BCUT2D eigenvalue weighted by molar-refractivity contribution is 5.45. The van der Waals surface area contributed by atoms with Gasteiger partial charge in [0.2, 0.25) is 0 Å². The molecule has 1 aromatic rings. The van der Waals surface area contributed by atoms with Crippen molar-refractivity contribution >= 4 is 0 Å². The fourth-order valence-corrected chi connectivity index (χ4v) is 2.43. The second-order valence-corrected chi connectivity index (χ2v) is 5.47. The molecule has 0 spiro atoms. The van der Waals surface area contributed by atoms with Gasteiger partial charge in [0.1, 0.15) is 11.8 Å². The van der Waals surface area contributed by atoms with Gasteiger partial charge in [0, 0.05) is 19.6 Å². The lowest BCUT2D eigenvalue weighted by atomic mass is 10.1. The molecule has 4 nitrogen and oxygen atoms in total. The van der Waals surface area contributed by atoms with Gasteiger partial charge in [-0.2, -0.15) is 5.26 Å². The predicted octanol–water partition coefficient (Wildman–Crippen LogP) is 2.18. The average Bonchev–Trinajstić information content (AvgIpc) is 2.37. The fourth-order valence-electron chi connectivity index (χ4n) is 2.43. The number of morpholine rings is 1.